The molecule has 0 saturated heterocycles. The Bertz CT molecular complexity index is 458. The molecule has 0 aliphatic rings. The number of alkyl halides is 2. The smallest absolute Gasteiger partial charge is 0.387 e. The molecule has 0 radical (unpaired) electrons. The third-order valence-corrected chi connectivity index (χ3v) is 2.21. The quantitative estimate of drug-likeness (QED) is 0.571. The maximum atomic E-state index is 12.0. The van der Waals surface area contributed by atoms with Crippen molar-refractivity contribution >= 4 is 16.4 Å². The number of halogens is 2. The minimum atomic E-state index is -2.79. The maximum Gasteiger partial charge on any atom is 0.387 e. The Kier molecular flexibility index (Phi) is 4.51. The van der Waals surface area contributed by atoms with E-state index in [-0.39, 0.29) is 16.2 Å². The third-order valence-electron chi connectivity index (χ3n) is 1.76. The molecular weight excluding hydrogens is 230 g/mol. The van der Waals surface area contributed by atoms with Crippen LogP contribution in [0.25, 0.3) is 0 Å². The van der Waals surface area contributed by atoms with Gasteiger partial charge < -0.3 is 4.74 Å². The molecule has 1 aromatic carbocycles. The van der Waals surface area contributed by atoms with Gasteiger partial charge in [0.25, 0.3) is 0 Å². The van der Waals surface area contributed by atoms with E-state index in [0.717, 1.165) is 5.56 Å². The summed E-state index contributed by atoms with van der Waals surface area (Å²) < 4.78 is 28.3. The summed E-state index contributed by atoms with van der Waals surface area (Å²) >= 11 is 0. The molecule has 1 aromatic rings. The van der Waals surface area contributed by atoms with Gasteiger partial charge in [0.1, 0.15) is 5.75 Å². The molecular formula is C12H12F2OS. The van der Waals surface area contributed by atoms with E-state index in [4.69, 9.17) is 0 Å². The average Bonchev–Trinajstić information content (AvgIpc) is 2.18. The van der Waals surface area contributed by atoms with Crippen molar-refractivity contribution in [2.45, 2.75) is 13.5 Å². The van der Waals surface area contributed by atoms with Crippen LogP contribution < -0.4 is 4.74 Å². The van der Waals surface area contributed by atoms with Crippen molar-refractivity contribution in [2.75, 3.05) is 6.26 Å². The molecule has 0 amide bonds. The first kappa shape index (κ1) is 12.7. The number of aryl methyl sites for hydroxylation is 1. The summed E-state index contributed by atoms with van der Waals surface area (Å²) in [5.41, 5.74) is 1.43. The van der Waals surface area contributed by atoms with Crippen LogP contribution in [0.3, 0.4) is 0 Å². The number of hydrogen-bond acceptors (Lipinski definition) is 1. The van der Waals surface area contributed by atoms with Gasteiger partial charge in [0.2, 0.25) is 0 Å². The molecule has 1 rings (SSSR count). The van der Waals surface area contributed by atoms with Crippen LogP contribution in [0.2, 0.25) is 0 Å². The number of hydrogen-bond donors (Lipinski definition) is 0. The van der Waals surface area contributed by atoms with Gasteiger partial charge in [0, 0.05) is 5.56 Å². The summed E-state index contributed by atoms with van der Waals surface area (Å²) in [5, 5.41) is 2.93. The maximum absolute atomic E-state index is 12.0. The van der Waals surface area contributed by atoms with E-state index in [0.29, 0.717) is 5.56 Å². The van der Waals surface area contributed by atoms with Gasteiger partial charge in [0.05, 0.1) is 0 Å². The summed E-state index contributed by atoms with van der Waals surface area (Å²) in [6, 6.07) is 4.88. The second kappa shape index (κ2) is 5.66. The Labute approximate surface area is 96.4 Å². The van der Waals surface area contributed by atoms with Crippen molar-refractivity contribution < 1.29 is 13.5 Å². The fraction of sp³-hybridized carbons (Fsp3) is 0.250. The van der Waals surface area contributed by atoms with Gasteiger partial charge in [0.15, 0.2) is 0 Å². The first-order valence-corrected chi connectivity index (χ1v) is 6.32. The molecule has 1 nitrogen and oxygen atoms in total. The Balaban J connectivity index is 2.92. The van der Waals surface area contributed by atoms with E-state index < -0.39 is 6.61 Å². The van der Waals surface area contributed by atoms with E-state index in [1.54, 1.807) is 19.1 Å². The molecule has 4 heteroatoms. The molecule has 0 aliphatic heterocycles. The van der Waals surface area contributed by atoms with Crippen LogP contribution in [0, 0.1) is 18.1 Å². The largest absolute Gasteiger partial charge is 0.435 e. The van der Waals surface area contributed by atoms with E-state index in [1.165, 1.54) is 6.07 Å². The summed E-state index contributed by atoms with van der Waals surface area (Å²) in [4.78, 5) is 0. The first-order chi connectivity index (χ1) is 7.49. The van der Waals surface area contributed by atoms with Crippen molar-refractivity contribution in [3.05, 3.63) is 29.3 Å². The fourth-order valence-corrected chi connectivity index (χ4v) is 1.39. The number of rotatable bonds is 2. The lowest BCUT2D eigenvalue weighted by Gasteiger charge is -2.07. The van der Waals surface area contributed by atoms with Crippen LogP contribution in [-0.4, -0.2) is 18.7 Å². The highest BCUT2D eigenvalue weighted by atomic mass is 32.2. The molecule has 86 valence electrons. The van der Waals surface area contributed by atoms with Crippen LogP contribution >= 0.6 is 10.5 Å². The summed E-state index contributed by atoms with van der Waals surface area (Å²) in [5.74, 6) is 6.87. The Morgan fingerprint density at radius 3 is 2.62 bits per heavy atom. The second-order valence-electron chi connectivity index (χ2n) is 3.22. The van der Waals surface area contributed by atoms with Crippen molar-refractivity contribution in [1.29, 1.82) is 0 Å². The highest BCUT2D eigenvalue weighted by Gasteiger charge is 2.06. The van der Waals surface area contributed by atoms with Crippen LogP contribution in [0.5, 0.6) is 5.75 Å². The molecule has 0 aromatic heterocycles. The molecule has 0 N–H and O–H groups in total. The predicted molar refractivity (Wildman–Crippen MR) is 65.3 cm³/mol. The Morgan fingerprint density at radius 2 is 2.12 bits per heavy atom. The van der Waals surface area contributed by atoms with Crippen LogP contribution in [0.1, 0.15) is 11.1 Å². The predicted octanol–water partition coefficient (Wildman–Crippen LogP) is 3.24. The topological polar surface area (TPSA) is 9.23 Å². The summed E-state index contributed by atoms with van der Waals surface area (Å²) in [6.45, 7) is -1.09. The van der Waals surface area contributed by atoms with E-state index in [9.17, 15) is 8.78 Å². The lowest BCUT2D eigenvalue weighted by atomic mass is 10.1. The molecule has 0 aliphatic carbocycles. The molecule has 16 heavy (non-hydrogen) atoms. The first-order valence-electron chi connectivity index (χ1n) is 4.52. The minimum absolute atomic E-state index is 0.186. The van der Waals surface area contributed by atoms with Crippen LogP contribution in [0.15, 0.2) is 18.2 Å². The number of benzene rings is 1. The van der Waals surface area contributed by atoms with Crippen molar-refractivity contribution in [2.24, 2.45) is 0 Å². The molecule has 1 unspecified atom stereocenters. The zero-order valence-electron chi connectivity index (χ0n) is 9.09. The molecule has 1 atom stereocenters. The molecule has 0 fully saturated rings. The van der Waals surface area contributed by atoms with Crippen LogP contribution in [-0.2, 0) is 0 Å². The molecule has 0 bridgehead atoms. The molecule has 0 heterocycles. The summed E-state index contributed by atoms with van der Waals surface area (Å²) in [6.07, 6.45) is 1.91. The van der Waals surface area contributed by atoms with E-state index in [2.05, 4.69) is 21.8 Å². The summed E-state index contributed by atoms with van der Waals surface area (Å²) in [7, 11) is -0.199. The lowest BCUT2D eigenvalue weighted by Crippen LogP contribution is -2.03. The van der Waals surface area contributed by atoms with E-state index >= 15 is 0 Å². The van der Waals surface area contributed by atoms with Gasteiger partial charge in [-0.05, 0) is 42.2 Å². The average molecular weight is 242 g/mol. The normalized spacial score (nSPS) is 11.8. The van der Waals surface area contributed by atoms with Crippen molar-refractivity contribution in [3.63, 3.8) is 0 Å². The van der Waals surface area contributed by atoms with Gasteiger partial charge in [-0.3, -0.25) is 0 Å². The standard InChI is InChI=1S/C12H12F2OS/c1-9-8-10(6-7-16(2)3)4-5-11(9)15-12(13)14/h4-5,8,12H,2H2,1,3H3. The monoisotopic (exact) mass is 242 g/mol. The van der Waals surface area contributed by atoms with E-state index in [1.807, 2.05) is 6.26 Å². The zero-order valence-corrected chi connectivity index (χ0v) is 9.91. The van der Waals surface area contributed by atoms with Crippen molar-refractivity contribution in [3.8, 4) is 16.9 Å². The second-order valence-corrected chi connectivity index (χ2v) is 4.70. The molecule has 0 saturated carbocycles. The molecule has 0 spiro atoms. The van der Waals surface area contributed by atoms with Gasteiger partial charge in [-0.1, -0.05) is 11.8 Å². The fourth-order valence-electron chi connectivity index (χ4n) is 1.10. The third kappa shape index (κ3) is 4.03. The highest BCUT2D eigenvalue weighted by Crippen LogP contribution is 2.20. The van der Waals surface area contributed by atoms with Gasteiger partial charge in [-0.25, -0.2) is 0 Å². The Hall–Kier alpha value is -1.34. The van der Waals surface area contributed by atoms with Gasteiger partial charge in [-0.2, -0.15) is 8.78 Å². The zero-order chi connectivity index (χ0) is 12.1. The lowest BCUT2D eigenvalue weighted by molar-refractivity contribution is -0.0502. The number of ether oxygens (including phenoxy) is 1. The van der Waals surface area contributed by atoms with Gasteiger partial charge >= 0.3 is 6.61 Å². The highest BCUT2D eigenvalue weighted by molar-refractivity contribution is 8.17. The SMILES string of the molecule is C=S(C)C#Cc1ccc(OC(F)F)c(C)c1. The van der Waals surface area contributed by atoms with Crippen molar-refractivity contribution in [1.82, 2.24) is 0 Å². The Morgan fingerprint density at radius 1 is 1.44 bits per heavy atom. The van der Waals surface area contributed by atoms with Crippen LogP contribution in [0.4, 0.5) is 8.78 Å². The minimum Gasteiger partial charge on any atom is -0.435 e. The van der Waals surface area contributed by atoms with Gasteiger partial charge in [-0.15, -0.1) is 10.5 Å².